The summed E-state index contributed by atoms with van der Waals surface area (Å²) in [7, 11) is 0. The lowest BCUT2D eigenvalue weighted by Crippen LogP contribution is -2.49. The van der Waals surface area contributed by atoms with Gasteiger partial charge in [0.25, 0.3) is 0 Å². The van der Waals surface area contributed by atoms with E-state index in [-0.39, 0.29) is 24.0 Å². The molecule has 1 saturated heterocycles. The molecule has 1 fully saturated rings. The molecule has 1 aromatic heterocycles. The topological polar surface area (TPSA) is 66.5 Å². The van der Waals surface area contributed by atoms with E-state index in [4.69, 9.17) is 4.74 Å². The van der Waals surface area contributed by atoms with Crippen LogP contribution in [-0.4, -0.2) is 41.2 Å². The molecule has 2 amide bonds. The quantitative estimate of drug-likeness (QED) is 0.693. The van der Waals surface area contributed by atoms with Gasteiger partial charge in [0, 0.05) is 12.6 Å². The van der Waals surface area contributed by atoms with Gasteiger partial charge in [0.2, 0.25) is 0 Å². The summed E-state index contributed by atoms with van der Waals surface area (Å²) in [6.45, 7) is 7.18. The fourth-order valence-corrected chi connectivity index (χ4v) is 3.46. The molecule has 2 aromatic rings. The lowest BCUT2D eigenvalue weighted by Gasteiger charge is -2.34. The maximum absolute atomic E-state index is 13.2. The van der Waals surface area contributed by atoms with Gasteiger partial charge in [-0.2, -0.15) is 0 Å². The zero-order valence-electron chi connectivity index (χ0n) is 17.7. The van der Waals surface area contributed by atoms with E-state index in [0.29, 0.717) is 25.4 Å². The van der Waals surface area contributed by atoms with E-state index in [0.717, 1.165) is 37.1 Å². The number of benzene rings is 1. The van der Waals surface area contributed by atoms with Gasteiger partial charge >= 0.3 is 6.03 Å². The van der Waals surface area contributed by atoms with E-state index in [9.17, 15) is 9.18 Å². The van der Waals surface area contributed by atoms with Crippen LogP contribution in [0.3, 0.4) is 0 Å². The summed E-state index contributed by atoms with van der Waals surface area (Å²) >= 11 is 0. The highest BCUT2D eigenvalue weighted by Gasteiger charge is 2.25. The Bertz CT molecular complexity index is 790. The Labute approximate surface area is 177 Å². The van der Waals surface area contributed by atoms with Crippen LogP contribution in [0, 0.1) is 5.82 Å². The molecule has 1 aromatic carbocycles. The Balaban J connectivity index is 1.60. The third-order valence-corrected chi connectivity index (χ3v) is 5.18. The van der Waals surface area contributed by atoms with Crippen LogP contribution in [-0.2, 0) is 24.4 Å². The van der Waals surface area contributed by atoms with Crippen LogP contribution in [0.2, 0.25) is 0 Å². The summed E-state index contributed by atoms with van der Waals surface area (Å²) in [5.41, 5.74) is 2.82. The first-order valence-electron chi connectivity index (χ1n) is 10.6. The Hall–Kier alpha value is -2.51. The number of amides is 2. The smallest absolute Gasteiger partial charge is 0.318 e. The van der Waals surface area contributed by atoms with E-state index in [2.05, 4.69) is 15.6 Å². The largest absolute Gasteiger partial charge is 0.374 e. The van der Waals surface area contributed by atoms with Gasteiger partial charge in [-0.05, 0) is 63.0 Å². The minimum absolute atomic E-state index is 0.125. The number of rotatable bonds is 8. The number of piperidine rings is 1. The molecule has 0 unspecified atom stereocenters. The SMILES string of the molecule is CC(C)OCc1ccc(CNC(=O)N(Cc2ccc(F)cn2)C2CCNCC2)cc1. The summed E-state index contributed by atoms with van der Waals surface area (Å²) in [5, 5.41) is 6.36. The van der Waals surface area contributed by atoms with Crippen LogP contribution < -0.4 is 10.6 Å². The average Bonchev–Trinajstić information content (AvgIpc) is 2.77. The highest BCUT2D eigenvalue weighted by molar-refractivity contribution is 5.74. The minimum Gasteiger partial charge on any atom is -0.374 e. The fraction of sp³-hybridized carbons (Fsp3) is 0.478. The van der Waals surface area contributed by atoms with Gasteiger partial charge in [0.05, 0.1) is 31.1 Å². The summed E-state index contributed by atoms with van der Waals surface area (Å²) in [5.74, 6) is -0.376. The van der Waals surface area contributed by atoms with Crippen molar-refractivity contribution in [2.45, 2.75) is 58.5 Å². The molecule has 1 aliphatic heterocycles. The molecule has 1 aliphatic rings. The number of pyridine rings is 1. The highest BCUT2D eigenvalue weighted by Crippen LogP contribution is 2.16. The molecule has 0 saturated carbocycles. The number of aromatic nitrogens is 1. The van der Waals surface area contributed by atoms with Crippen molar-refractivity contribution in [1.82, 2.24) is 20.5 Å². The van der Waals surface area contributed by atoms with Gasteiger partial charge < -0.3 is 20.3 Å². The Kier molecular flexibility index (Phi) is 8.16. The van der Waals surface area contributed by atoms with E-state index in [1.54, 1.807) is 6.07 Å². The number of hydrogen-bond donors (Lipinski definition) is 2. The van der Waals surface area contributed by atoms with Crippen molar-refractivity contribution in [3.63, 3.8) is 0 Å². The van der Waals surface area contributed by atoms with Crippen LogP contribution in [0.25, 0.3) is 0 Å². The molecular formula is C23H31FN4O2. The van der Waals surface area contributed by atoms with Crippen LogP contribution in [0.5, 0.6) is 0 Å². The Morgan fingerprint density at radius 2 is 1.90 bits per heavy atom. The number of nitrogens with one attached hydrogen (secondary N) is 2. The molecule has 0 radical (unpaired) electrons. The summed E-state index contributed by atoms with van der Waals surface area (Å²) in [4.78, 5) is 19.0. The van der Waals surface area contributed by atoms with Crippen LogP contribution in [0.15, 0.2) is 42.6 Å². The molecule has 7 heteroatoms. The molecule has 162 valence electrons. The zero-order valence-corrected chi connectivity index (χ0v) is 17.7. The average molecular weight is 415 g/mol. The second kappa shape index (κ2) is 11.0. The van der Waals surface area contributed by atoms with Crippen molar-refractivity contribution in [1.29, 1.82) is 0 Å². The van der Waals surface area contributed by atoms with Crippen molar-refractivity contribution in [2.24, 2.45) is 0 Å². The first-order chi connectivity index (χ1) is 14.5. The molecule has 6 nitrogen and oxygen atoms in total. The Morgan fingerprint density at radius 3 is 2.53 bits per heavy atom. The number of hydrogen-bond acceptors (Lipinski definition) is 4. The molecule has 30 heavy (non-hydrogen) atoms. The number of carbonyl (C=O) groups is 1. The standard InChI is InChI=1S/C23H31FN4O2/c1-17(2)30-16-19-5-3-18(4-6-19)13-27-23(29)28(22-9-11-25-12-10-22)15-21-8-7-20(24)14-26-21/h3-8,14,17,22,25H,9-13,15-16H2,1-2H3,(H,27,29). The van der Waals surface area contributed by atoms with Crippen LogP contribution in [0.1, 0.15) is 43.5 Å². The molecule has 2 N–H and O–H groups in total. The van der Waals surface area contributed by atoms with E-state index >= 15 is 0 Å². The number of carbonyl (C=O) groups excluding carboxylic acids is 1. The number of ether oxygens (including phenoxy) is 1. The third kappa shape index (κ3) is 6.78. The predicted octanol–water partition coefficient (Wildman–Crippen LogP) is 3.61. The normalized spacial score (nSPS) is 14.7. The van der Waals surface area contributed by atoms with E-state index in [1.165, 1.54) is 12.3 Å². The third-order valence-electron chi connectivity index (χ3n) is 5.18. The van der Waals surface area contributed by atoms with Gasteiger partial charge in [0.1, 0.15) is 5.82 Å². The molecule has 0 aliphatic carbocycles. The lowest BCUT2D eigenvalue weighted by atomic mass is 10.0. The monoisotopic (exact) mass is 414 g/mol. The van der Waals surface area contributed by atoms with Crippen LogP contribution in [0.4, 0.5) is 9.18 Å². The Morgan fingerprint density at radius 1 is 1.20 bits per heavy atom. The zero-order chi connectivity index (χ0) is 21.3. The number of halogens is 1. The summed E-state index contributed by atoms with van der Waals surface area (Å²) in [6, 6.07) is 11.1. The number of nitrogens with zero attached hydrogens (tertiary/aromatic N) is 2. The van der Waals surface area contributed by atoms with Gasteiger partial charge in [0.15, 0.2) is 0 Å². The molecule has 2 heterocycles. The van der Waals surface area contributed by atoms with E-state index < -0.39 is 0 Å². The van der Waals surface area contributed by atoms with Gasteiger partial charge in [-0.15, -0.1) is 0 Å². The van der Waals surface area contributed by atoms with Gasteiger partial charge in [-0.25, -0.2) is 9.18 Å². The van der Waals surface area contributed by atoms with Crippen molar-refractivity contribution >= 4 is 6.03 Å². The van der Waals surface area contributed by atoms with Crippen molar-refractivity contribution in [2.75, 3.05) is 13.1 Å². The highest BCUT2D eigenvalue weighted by atomic mass is 19.1. The van der Waals surface area contributed by atoms with Crippen LogP contribution >= 0.6 is 0 Å². The fourth-order valence-electron chi connectivity index (χ4n) is 3.46. The second-order valence-electron chi connectivity index (χ2n) is 7.91. The molecule has 0 spiro atoms. The maximum atomic E-state index is 13.2. The predicted molar refractivity (Wildman–Crippen MR) is 114 cm³/mol. The maximum Gasteiger partial charge on any atom is 0.318 e. The number of urea groups is 1. The lowest BCUT2D eigenvalue weighted by molar-refractivity contribution is 0.0657. The molecule has 3 rings (SSSR count). The first kappa shape index (κ1) is 22.2. The van der Waals surface area contributed by atoms with Crippen molar-refractivity contribution in [3.8, 4) is 0 Å². The van der Waals surface area contributed by atoms with Gasteiger partial charge in [-0.3, -0.25) is 4.98 Å². The second-order valence-corrected chi connectivity index (χ2v) is 7.91. The summed E-state index contributed by atoms with van der Waals surface area (Å²) in [6.07, 6.45) is 3.16. The van der Waals surface area contributed by atoms with E-state index in [1.807, 2.05) is 43.0 Å². The summed E-state index contributed by atoms with van der Waals surface area (Å²) < 4.78 is 18.8. The molecular weight excluding hydrogens is 383 g/mol. The van der Waals surface area contributed by atoms with Gasteiger partial charge in [-0.1, -0.05) is 24.3 Å². The molecule has 0 atom stereocenters. The molecule has 0 bridgehead atoms. The van der Waals surface area contributed by atoms with Crippen molar-refractivity contribution in [3.05, 3.63) is 65.2 Å². The first-order valence-corrected chi connectivity index (χ1v) is 10.6. The van der Waals surface area contributed by atoms with Crippen molar-refractivity contribution < 1.29 is 13.9 Å². The minimum atomic E-state index is -0.376.